The molecule has 1 aromatic heterocycles. The number of pyridine rings is 1. The highest BCUT2D eigenvalue weighted by atomic mass is 32.2. The van der Waals surface area contributed by atoms with E-state index in [2.05, 4.69) is 10.3 Å². The molecule has 1 aliphatic heterocycles. The SMILES string of the molecule is COc1cc(/C=C2/SC(=O)NC2=O)c(-c2ccncc2)cc1OC. The van der Waals surface area contributed by atoms with Gasteiger partial charge in [-0.2, -0.15) is 0 Å². The Morgan fingerprint density at radius 1 is 1.08 bits per heavy atom. The third kappa shape index (κ3) is 3.11. The van der Waals surface area contributed by atoms with Gasteiger partial charge in [0.2, 0.25) is 0 Å². The lowest BCUT2D eigenvalue weighted by Gasteiger charge is -2.13. The minimum atomic E-state index is -0.402. The van der Waals surface area contributed by atoms with Crippen molar-refractivity contribution in [2.75, 3.05) is 14.2 Å². The molecule has 0 atom stereocenters. The number of nitrogens with zero attached hydrogens (tertiary/aromatic N) is 1. The zero-order valence-corrected chi connectivity index (χ0v) is 13.8. The van der Waals surface area contributed by atoms with Crippen LogP contribution in [0.4, 0.5) is 4.79 Å². The number of imide groups is 1. The summed E-state index contributed by atoms with van der Waals surface area (Å²) in [4.78, 5) is 27.6. The van der Waals surface area contributed by atoms with E-state index in [1.807, 2.05) is 18.2 Å². The van der Waals surface area contributed by atoms with Crippen LogP contribution in [-0.2, 0) is 4.79 Å². The summed E-state index contributed by atoms with van der Waals surface area (Å²) in [6, 6.07) is 7.32. The molecule has 0 saturated carbocycles. The van der Waals surface area contributed by atoms with Crippen LogP contribution in [0.15, 0.2) is 41.6 Å². The second-order valence-corrected chi connectivity index (χ2v) is 5.90. The average Bonchev–Trinajstić information content (AvgIpc) is 2.92. The Bertz CT molecular complexity index is 834. The third-order valence-electron chi connectivity index (χ3n) is 3.48. The summed E-state index contributed by atoms with van der Waals surface area (Å²) in [5.41, 5.74) is 2.49. The van der Waals surface area contributed by atoms with Crippen molar-refractivity contribution in [3.63, 3.8) is 0 Å². The van der Waals surface area contributed by atoms with Crippen LogP contribution in [0.3, 0.4) is 0 Å². The predicted octanol–water partition coefficient (Wildman–Crippen LogP) is 3.09. The number of aromatic nitrogens is 1. The fourth-order valence-corrected chi connectivity index (χ4v) is 3.03. The Kier molecular flexibility index (Phi) is 4.52. The number of benzene rings is 1. The summed E-state index contributed by atoms with van der Waals surface area (Å²) in [5, 5.41) is 1.87. The molecule has 1 aromatic carbocycles. The van der Waals surface area contributed by atoms with Crippen molar-refractivity contribution >= 4 is 29.0 Å². The molecule has 3 rings (SSSR count). The molecular weight excluding hydrogens is 328 g/mol. The largest absolute Gasteiger partial charge is 0.493 e. The van der Waals surface area contributed by atoms with Crippen molar-refractivity contribution in [2.24, 2.45) is 0 Å². The highest BCUT2D eigenvalue weighted by Crippen LogP contribution is 2.38. The van der Waals surface area contributed by atoms with Gasteiger partial charge in [0.05, 0.1) is 19.1 Å². The quantitative estimate of drug-likeness (QED) is 0.861. The van der Waals surface area contributed by atoms with Crippen LogP contribution in [0, 0.1) is 0 Å². The molecule has 1 fully saturated rings. The van der Waals surface area contributed by atoms with Gasteiger partial charge in [-0.25, -0.2) is 0 Å². The fraction of sp³-hybridized carbons (Fsp3) is 0.118. The fourth-order valence-electron chi connectivity index (χ4n) is 2.36. The van der Waals surface area contributed by atoms with Crippen LogP contribution in [-0.4, -0.2) is 30.3 Å². The molecule has 2 amide bonds. The van der Waals surface area contributed by atoms with Crippen LogP contribution < -0.4 is 14.8 Å². The Morgan fingerprint density at radius 2 is 1.75 bits per heavy atom. The molecule has 1 aliphatic rings. The van der Waals surface area contributed by atoms with Gasteiger partial charge in [-0.15, -0.1) is 0 Å². The van der Waals surface area contributed by atoms with Crippen LogP contribution in [0.25, 0.3) is 17.2 Å². The normalized spacial score (nSPS) is 15.5. The minimum absolute atomic E-state index is 0.336. The second-order valence-electron chi connectivity index (χ2n) is 4.88. The number of hydrogen-bond acceptors (Lipinski definition) is 6. The first-order chi connectivity index (χ1) is 11.6. The van der Waals surface area contributed by atoms with Gasteiger partial charge < -0.3 is 9.47 Å². The molecule has 7 heteroatoms. The van der Waals surface area contributed by atoms with E-state index < -0.39 is 5.91 Å². The smallest absolute Gasteiger partial charge is 0.290 e. The summed E-state index contributed by atoms with van der Waals surface area (Å²) in [6.07, 6.45) is 5.04. The molecule has 0 radical (unpaired) electrons. The Morgan fingerprint density at radius 3 is 2.33 bits per heavy atom. The molecule has 2 aromatic rings. The van der Waals surface area contributed by atoms with Crippen LogP contribution in [0.5, 0.6) is 11.5 Å². The number of hydrogen-bond donors (Lipinski definition) is 1. The van der Waals surface area contributed by atoms with Gasteiger partial charge in [0.25, 0.3) is 11.1 Å². The Labute approximate surface area is 142 Å². The van der Waals surface area contributed by atoms with Crippen molar-refractivity contribution < 1.29 is 19.1 Å². The number of nitrogens with one attached hydrogen (secondary N) is 1. The molecule has 6 nitrogen and oxygen atoms in total. The first-order valence-electron chi connectivity index (χ1n) is 7.03. The number of methoxy groups -OCH3 is 2. The summed E-state index contributed by atoms with van der Waals surface area (Å²) in [5.74, 6) is 0.711. The number of carbonyl (C=O) groups excluding carboxylic acids is 2. The lowest BCUT2D eigenvalue weighted by Crippen LogP contribution is -2.17. The molecule has 122 valence electrons. The average molecular weight is 342 g/mol. The monoisotopic (exact) mass is 342 g/mol. The van der Waals surface area contributed by atoms with E-state index >= 15 is 0 Å². The standard InChI is InChI=1S/C17H14N2O4S/c1-22-13-7-11(8-15-16(20)19-17(21)24-15)12(9-14(13)23-2)10-3-5-18-6-4-10/h3-9H,1-2H3,(H,19,20,21)/b15-8+. The van der Waals surface area contributed by atoms with Gasteiger partial charge >= 0.3 is 0 Å². The van der Waals surface area contributed by atoms with E-state index in [0.717, 1.165) is 28.5 Å². The maximum absolute atomic E-state index is 11.8. The Balaban J connectivity index is 2.18. The van der Waals surface area contributed by atoms with Crippen molar-refractivity contribution in [3.8, 4) is 22.6 Å². The van der Waals surface area contributed by atoms with E-state index in [1.54, 1.807) is 38.8 Å². The van der Waals surface area contributed by atoms with Gasteiger partial charge in [-0.05, 0) is 58.8 Å². The van der Waals surface area contributed by atoms with Gasteiger partial charge in [0.1, 0.15) is 0 Å². The van der Waals surface area contributed by atoms with Gasteiger partial charge in [0.15, 0.2) is 11.5 Å². The maximum Gasteiger partial charge on any atom is 0.290 e. The van der Waals surface area contributed by atoms with Gasteiger partial charge in [0, 0.05) is 12.4 Å². The van der Waals surface area contributed by atoms with E-state index in [1.165, 1.54) is 0 Å². The minimum Gasteiger partial charge on any atom is -0.493 e. The predicted molar refractivity (Wildman–Crippen MR) is 91.9 cm³/mol. The first-order valence-corrected chi connectivity index (χ1v) is 7.85. The molecule has 0 aliphatic carbocycles. The highest BCUT2D eigenvalue weighted by Gasteiger charge is 2.25. The number of ether oxygens (including phenoxy) is 2. The molecule has 0 bridgehead atoms. The number of carbonyl (C=O) groups is 2. The molecular formula is C17H14N2O4S. The first kappa shape index (κ1) is 16.1. The highest BCUT2D eigenvalue weighted by molar-refractivity contribution is 8.18. The zero-order valence-electron chi connectivity index (χ0n) is 13.0. The lowest BCUT2D eigenvalue weighted by molar-refractivity contribution is -0.115. The van der Waals surface area contributed by atoms with E-state index in [0.29, 0.717) is 16.4 Å². The Hall–Kier alpha value is -2.80. The summed E-state index contributed by atoms with van der Waals surface area (Å²) < 4.78 is 10.7. The third-order valence-corrected chi connectivity index (χ3v) is 4.29. The number of rotatable bonds is 4. The van der Waals surface area contributed by atoms with Crippen molar-refractivity contribution in [3.05, 3.63) is 47.1 Å². The lowest BCUT2D eigenvalue weighted by atomic mass is 9.99. The molecule has 2 heterocycles. The van der Waals surface area contributed by atoms with Crippen molar-refractivity contribution in [1.29, 1.82) is 0 Å². The number of amides is 2. The van der Waals surface area contributed by atoms with Crippen LogP contribution >= 0.6 is 11.8 Å². The van der Waals surface area contributed by atoms with Crippen molar-refractivity contribution in [1.82, 2.24) is 10.3 Å². The zero-order chi connectivity index (χ0) is 17.1. The summed E-state index contributed by atoms with van der Waals surface area (Å²) in [6.45, 7) is 0. The molecule has 0 unspecified atom stereocenters. The van der Waals surface area contributed by atoms with Crippen LogP contribution in [0.1, 0.15) is 5.56 Å². The van der Waals surface area contributed by atoms with Crippen molar-refractivity contribution in [2.45, 2.75) is 0 Å². The van der Waals surface area contributed by atoms with E-state index in [9.17, 15) is 9.59 Å². The van der Waals surface area contributed by atoms with Crippen LogP contribution in [0.2, 0.25) is 0 Å². The molecule has 24 heavy (non-hydrogen) atoms. The van der Waals surface area contributed by atoms with E-state index in [4.69, 9.17) is 9.47 Å². The van der Waals surface area contributed by atoms with Gasteiger partial charge in [-0.1, -0.05) is 0 Å². The maximum atomic E-state index is 11.8. The van der Waals surface area contributed by atoms with E-state index in [-0.39, 0.29) is 5.24 Å². The summed E-state index contributed by atoms with van der Waals surface area (Å²) in [7, 11) is 3.10. The topological polar surface area (TPSA) is 77.5 Å². The number of thioether (sulfide) groups is 1. The van der Waals surface area contributed by atoms with Gasteiger partial charge in [-0.3, -0.25) is 19.9 Å². The summed E-state index contributed by atoms with van der Waals surface area (Å²) >= 11 is 0.873. The second kappa shape index (κ2) is 6.76. The molecule has 1 saturated heterocycles. The molecule has 1 N–H and O–H groups in total. The molecule has 0 spiro atoms.